The van der Waals surface area contributed by atoms with Gasteiger partial charge in [-0.15, -0.1) is 0 Å². The van der Waals surface area contributed by atoms with E-state index in [1.165, 1.54) is 24.3 Å². The molecule has 0 saturated heterocycles. The van der Waals surface area contributed by atoms with Gasteiger partial charge in [0.05, 0.1) is 17.8 Å². The molecule has 106 valence electrons. The second-order valence-corrected chi connectivity index (χ2v) is 4.65. The summed E-state index contributed by atoms with van der Waals surface area (Å²) in [5.41, 5.74) is 1.16. The molecule has 0 atom stereocenters. The molecule has 0 unspecified atom stereocenters. The zero-order valence-corrected chi connectivity index (χ0v) is 11.6. The smallest absolute Gasteiger partial charge is 0.243 e. The van der Waals surface area contributed by atoms with Crippen LogP contribution < -0.4 is 10.6 Å². The van der Waals surface area contributed by atoms with Gasteiger partial charge in [-0.3, -0.25) is 4.79 Å². The van der Waals surface area contributed by atoms with Gasteiger partial charge in [-0.05, 0) is 36.4 Å². The molecule has 21 heavy (non-hydrogen) atoms. The second kappa shape index (κ2) is 6.73. The van der Waals surface area contributed by atoms with E-state index in [1.807, 2.05) is 6.07 Å². The van der Waals surface area contributed by atoms with Gasteiger partial charge in [-0.2, -0.15) is 5.26 Å². The molecule has 0 fully saturated rings. The molecule has 2 rings (SSSR count). The van der Waals surface area contributed by atoms with Crippen molar-refractivity contribution in [3.63, 3.8) is 0 Å². The minimum absolute atomic E-state index is 0.0547. The molecule has 4 nitrogen and oxygen atoms in total. The number of carbonyl (C=O) groups excluding carboxylic acids is 1. The molecule has 1 amide bonds. The lowest BCUT2D eigenvalue weighted by atomic mass is 10.2. The Morgan fingerprint density at radius 2 is 2.10 bits per heavy atom. The van der Waals surface area contributed by atoms with Gasteiger partial charge < -0.3 is 10.6 Å². The van der Waals surface area contributed by atoms with Crippen LogP contribution in [0, 0.1) is 17.1 Å². The van der Waals surface area contributed by atoms with E-state index >= 15 is 0 Å². The van der Waals surface area contributed by atoms with Crippen LogP contribution in [0.2, 0.25) is 5.02 Å². The summed E-state index contributed by atoms with van der Waals surface area (Å²) >= 11 is 5.83. The largest absolute Gasteiger partial charge is 0.376 e. The highest BCUT2D eigenvalue weighted by Crippen LogP contribution is 2.20. The summed E-state index contributed by atoms with van der Waals surface area (Å²) in [5, 5.41) is 14.8. The average Bonchev–Trinajstić information content (AvgIpc) is 2.45. The lowest BCUT2D eigenvalue weighted by molar-refractivity contribution is -0.114. The molecule has 2 N–H and O–H groups in total. The van der Waals surface area contributed by atoms with E-state index in [1.54, 1.807) is 18.2 Å². The number of carbonyl (C=O) groups is 1. The molecular formula is C15H11ClFN3O. The summed E-state index contributed by atoms with van der Waals surface area (Å²) < 4.78 is 13.0. The maximum atomic E-state index is 13.0. The number of nitrogens with zero attached hydrogens (tertiary/aromatic N) is 1. The van der Waals surface area contributed by atoms with Crippen LogP contribution in [-0.2, 0) is 4.79 Å². The number of hydrogen-bond acceptors (Lipinski definition) is 3. The first-order chi connectivity index (χ1) is 10.1. The third-order valence-corrected chi connectivity index (χ3v) is 2.89. The van der Waals surface area contributed by atoms with Crippen molar-refractivity contribution < 1.29 is 9.18 Å². The van der Waals surface area contributed by atoms with Gasteiger partial charge in [-0.25, -0.2) is 4.39 Å². The standard InChI is InChI=1S/C15H11ClFN3O/c16-11-5-4-10(8-18)14(6-11)20-15(21)9-19-13-3-1-2-12(17)7-13/h1-7,19H,9H2,(H,20,21). The van der Waals surface area contributed by atoms with Crippen molar-refractivity contribution in [2.75, 3.05) is 17.2 Å². The normalized spacial score (nSPS) is 9.76. The summed E-state index contributed by atoms with van der Waals surface area (Å²) in [6.45, 7) is -0.0547. The Labute approximate surface area is 126 Å². The average molecular weight is 304 g/mol. The van der Waals surface area contributed by atoms with Crippen LogP contribution >= 0.6 is 11.6 Å². The predicted octanol–water partition coefficient (Wildman–Crippen LogP) is 3.40. The van der Waals surface area contributed by atoms with E-state index in [2.05, 4.69) is 10.6 Å². The SMILES string of the molecule is N#Cc1ccc(Cl)cc1NC(=O)CNc1cccc(F)c1. The maximum absolute atomic E-state index is 13.0. The van der Waals surface area contributed by atoms with Gasteiger partial charge in [0.1, 0.15) is 11.9 Å². The molecule has 0 spiro atoms. The molecule has 0 aromatic heterocycles. The Bertz CT molecular complexity index is 712. The number of halogens is 2. The van der Waals surface area contributed by atoms with E-state index in [0.29, 0.717) is 22.0 Å². The van der Waals surface area contributed by atoms with Crippen molar-refractivity contribution >= 4 is 28.9 Å². The van der Waals surface area contributed by atoms with Crippen LogP contribution in [0.5, 0.6) is 0 Å². The molecule has 0 radical (unpaired) electrons. The summed E-state index contributed by atoms with van der Waals surface area (Å²) in [6.07, 6.45) is 0. The van der Waals surface area contributed by atoms with Crippen LogP contribution in [0.15, 0.2) is 42.5 Å². The molecular weight excluding hydrogens is 293 g/mol. The highest BCUT2D eigenvalue weighted by atomic mass is 35.5. The van der Waals surface area contributed by atoms with Gasteiger partial charge >= 0.3 is 0 Å². The fraction of sp³-hybridized carbons (Fsp3) is 0.0667. The fourth-order valence-corrected chi connectivity index (χ4v) is 1.86. The molecule has 0 aliphatic heterocycles. The maximum Gasteiger partial charge on any atom is 0.243 e. The van der Waals surface area contributed by atoms with Gasteiger partial charge in [-0.1, -0.05) is 17.7 Å². The van der Waals surface area contributed by atoms with E-state index < -0.39 is 0 Å². The van der Waals surface area contributed by atoms with Gasteiger partial charge in [0, 0.05) is 10.7 Å². The first kappa shape index (κ1) is 14.8. The highest BCUT2D eigenvalue weighted by molar-refractivity contribution is 6.31. The number of rotatable bonds is 4. The summed E-state index contributed by atoms with van der Waals surface area (Å²) in [6, 6.07) is 12.4. The molecule has 0 heterocycles. The zero-order valence-electron chi connectivity index (χ0n) is 10.9. The second-order valence-electron chi connectivity index (χ2n) is 4.21. The number of nitriles is 1. The van der Waals surface area contributed by atoms with Crippen molar-refractivity contribution in [1.82, 2.24) is 0 Å². The number of benzene rings is 2. The predicted molar refractivity (Wildman–Crippen MR) is 79.7 cm³/mol. The van der Waals surface area contributed by atoms with E-state index in [9.17, 15) is 9.18 Å². The van der Waals surface area contributed by atoms with E-state index in [4.69, 9.17) is 16.9 Å². The lowest BCUT2D eigenvalue weighted by Gasteiger charge is -2.09. The molecule has 6 heteroatoms. The van der Waals surface area contributed by atoms with Gasteiger partial charge in [0.15, 0.2) is 0 Å². The van der Waals surface area contributed by atoms with Crippen molar-refractivity contribution in [1.29, 1.82) is 5.26 Å². The van der Waals surface area contributed by atoms with Crippen molar-refractivity contribution in [3.05, 3.63) is 58.9 Å². The Morgan fingerprint density at radius 3 is 2.81 bits per heavy atom. The monoisotopic (exact) mass is 303 g/mol. The number of anilines is 2. The van der Waals surface area contributed by atoms with Crippen LogP contribution in [-0.4, -0.2) is 12.5 Å². The first-order valence-corrected chi connectivity index (χ1v) is 6.45. The van der Waals surface area contributed by atoms with Crippen molar-refractivity contribution in [2.45, 2.75) is 0 Å². The fourth-order valence-electron chi connectivity index (χ4n) is 1.69. The van der Waals surface area contributed by atoms with Gasteiger partial charge in [0.25, 0.3) is 0 Å². The quantitative estimate of drug-likeness (QED) is 0.910. The summed E-state index contributed by atoms with van der Waals surface area (Å²) in [4.78, 5) is 11.8. The lowest BCUT2D eigenvalue weighted by Crippen LogP contribution is -2.22. The molecule has 0 aliphatic carbocycles. The minimum atomic E-state index is -0.387. The van der Waals surface area contributed by atoms with Crippen molar-refractivity contribution in [2.24, 2.45) is 0 Å². The third-order valence-electron chi connectivity index (χ3n) is 2.65. The Hall–Kier alpha value is -2.58. The molecule has 0 bridgehead atoms. The number of amides is 1. The van der Waals surface area contributed by atoms with Crippen LogP contribution in [0.1, 0.15) is 5.56 Å². The Balaban J connectivity index is 1.99. The van der Waals surface area contributed by atoms with Crippen LogP contribution in [0.3, 0.4) is 0 Å². The first-order valence-electron chi connectivity index (χ1n) is 6.07. The van der Waals surface area contributed by atoms with E-state index in [0.717, 1.165) is 0 Å². The Kier molecular flexibility index (Phi) is 4.75. The summed E-state index contributed by atoms with van der Waals surface area (Å²) in [7, 11) is 0. The third kappa shape index (κ3) is 4.20. The molecule has 0 saturated carbocycles. The molecule has 2 aromatic carbocycles. The van der Waals surface area contributed by atoms with Crippen molar-refractivity contribution in [3.8, 4) is 6.07 Å². The zero-order chi connectivity index (χ0) is 15.2. The van der Waals surface area contributed by atoms with Gasteiger partial charge in [0.2, 0.25) is 5.91 Å². The minimum Gasteiger partial charge on any atom is -0.376 e. The number of hydrogen-bond donors (Lipinski definition) is 2. The molecule has 0 aliphatic rings. The summed E-state index contributed by atoms with van der Waals surface area (Å²) in [5.74, 6) is -0.750. The molecule has 2 aromatic rings. The van der Waals surface area contributed by atoms with Crippen LogP contribution in [0.4, 0.5) is 15.8 Å². The topological polar surface area (TPSA) is 64.9 Å². The van der Waals surface area contributed by atoms with Crippen LogP contribution in [0.25, 0.3) is 0 Å². The number of nitrogens with one attached hydrogen (secondary N) is 2. The highest BCUT2D eigenvalue weighted by Gasteiger charge is 2.07. The Morgan fingerprint density at radius 1 is 1.29 bits per heavy atom. The van der Waals surface area contributed by atoms with E-state index in [-0.39, 0.29) is 18.3 Å².